The van der Waals surface area contributed by atoms with Crippen molar-refractivity contribution in [1.29, 1.82) is 0 Å². The molecular weight excluding hydrogens is 417 g/mol. The standard InChI is InChI=1S/C22H22FN5O2S/c1-13-6-3-9-17(14(13)2)25-22(30)28-11-5-10-18(28)20-26-27-21(31-20)19(29)24-16-8-4-7-15(23)12-16/h3-4,6-9,12,18H,5,10-11H2,1-2H3,(H,24,29)(H,25,30)/t18-/m1/s1. The molecule has 0 bridgehead atoms. The van der Waals surface area contributed by atoms with E-state index in [-0.39, 0.29) is 17.1 Å². The topological polar surface area (TPSA) is 87.2 Å². The van der Waals surface area contributed by atoms with E-state index in [0.29, 0.717) is 17.2 Å². The highest BCUT2D eigenvalue weighted by Crippen LogP contribution is 2.34. The third-order valence-electron chi connectivity index (χ3n) is 5.36. The van der Waals surface area contributed by atoms with Gasteiger partial charge in [-0.05, 0) is 62.1 Å². The number of anilines is 2. The summed E-state index contributed by atoms with van der Waals surface area (Å²) in [4.78, 5) is 27.1. The molecule has 1 aromatic heterocycles. The largest absolute Gasteiger partial charge is 0.322 e. The van der Waals surface area contributed by atoms with E-state index in [4.69, 9.17) is 0 Å². The number of urea groups is 1. The zero-order valence-electron chi connectivity index (χ0n) is 17.2. The van der Waals surface area contributed by atoms with Crippen LogP contribution < -0.4 is 10.6 Å². The minimum atomic E-state index is -0.460. The Morgan fingerprint density at radius 1 is 1.13 bits per heavy atom. The van der Waals surface area contributed by atoms with Crippen LogP contribution in [0.2, 0.25) is 0 Å². The lowest BCUT2D eigenvalue weighted by atomic mass is 10.1. The van der Waals surface area contributed by atoms with Crippen LogP contribution in [0, 0.1) is 19.7 Å². The molecule has 0 aliphatic carbocycles. The van der Waals surface area contributed by atoms with E-state index in [9.17, 15) is 14.0 Å². The van der Waals surface area contributed by atoms with Crippen LogP contribution in [0.25, 0.3) is 0 Å². The van der Waals surface area contributed by atoms with Crippen molar-refractivity contribution >= 4 is 34.6 Å². The number of nitrogens with zero attached hydrogens (tertiary/aromatic N) is 3. The number of hydrogen-bond donors (Lipinski definition) is 2. The molecule has 1 atom stereocenters. The summed E-state index contributed by atoms with van der Waals surface area (Å²) in [6.45, 7) is 4.58. The van der Waals surface area contributed by atoms with E-state index in [1.807, 2.05) is 32.0 Å². The van der Waals surface area contributed by atoms with Crippen LogP contribution in [-0.4, -0.2) is 33.6 Å². The molecular formula is C22H22FN5O2S. The Kier molecular flexibility index (Phi) is 5.94. The molecule has 0 radical (unpaired) electrons. The predicted molar refractivity (Wildman–Crippen MR) is 118 cm³/mol. The Labute approximate surface area is 183 Å². The average molecular weight is 440 g/mol. The van der Waals surface area contributed by atoms with E-state index >= 15 is 0 Å². The second-order valence-electron chi connectivity index (χ2n) is 7.44. The molecule has 0 unspecified atom stereocenters. The third-order valence-corrected chi connectivity index (χ3v) is 6.39. The van der Waals surface area contributed by atoms with E-state index in [0.717, 1.165) is 41.0 Å². The fourth-order valence-corrected chi connectivity index (χ4v) is 4.44. The Bertz CT molecular complexity index is 1130. The number of aromatic nitrogens is 2. The van der Waals surface area contributed by atoms with Crippen molar-refractivity contribution in [3.8, 4) is 0 Å². The number of halogens is 1. The molecule has 160 valence electrons. The first kappa shape index (κ1) is 20.9. The zero-order chi connectivity index (χ0) is 22.0. The SMILES string of the molecule is Cc1cccc(NC(=O)N2CCC[C@@H]2c2nnc(C(=O)Nc3cccc(F)c3)s2)c1C. The quantitative estimate of drug-likeness (QED) is 0.604. The number of rotatable bonds is 4. The first-order valence-corrected chi connectivity index (χ1v) is 10.8. The lowest BCUT2D eigenvalue weighted by molar-refractivity contribution is 0.102. The molecule has 3 aromatic rings. The summed E-state index contributed by atoms with van der Waals surface area (Å²) in [5, 5.41) is 14.5. The molecule has 3 amide bonds. The molecule has 2 heterocycles. The summed E-state index contributed by atoms with van der Waals surface area (Å²) in [5.74, 6) is -0.897. The van der Waals surface area contributed by atoms with Gasteiger partial charge in [0.15, 0.2) is 0 Å². The molecule has 31 heavy (non-hydrogen) atoms. The summed E-state index contributed by atoms with van der Waals surface area (Å²) < 4.78 is 13.3. The van der Waals surface area contributed by atoms with Crippen LogP contribution in [0.3, 0.4) is 0 Å². The molecule has 2 aromatic carbocycles. The molecule has 1 saturated heterocycles. The van der Waals surface area contributed by atoms with Crippen LogP contribution in [-0.2, 0) is 0 Å². The number of carbonyl (C=O) groups excluding carboxylic acids is 2. The molecule has 0 saturated carbocycles. The second kappa shape index (κ2) is 8.81. The van der Waals surface area contributed by atoms with Crippen LogP contribution in [0.15, 0.2) is 42.5 Å². The van der Waals surface area contributed by atoms with Crippen molar-refractivity contribution in [3.05, 3.63) is 69.4 Å². The maximum absolute atomic E-state index is 13.3. The fraction of sp³-hybridized carbons (Fsp3) is 0.273. The highest BCUT2D eigenvalue weighted by Gasteiger charge is 2.33. The molecule has 1 aliphatic heterocycles. The smallest absolute Gasteiger partial charge is 0.320 e. The molecule has 1 aliphatic rings. The summed E-state index contributed by atoms with van der Waals surface area (Å²) in [5.41, 5.74) is 3.26. The Hall–Kier alpha value is -3.33. The molecule has 2 N–H and O–H groups in total. The van der Waals surface area contributed by atoms with Gasteiger partial charge in [-0.25, -0.2) is 9.18 Å². The molecule has 1 fully saturated rings. The number of hydrogen-bond acceptors (Lipinski definition) is 5. The maximum atomic E-state index is 13.3. The highest BCUT2D eigenvalue weighted by atomic mass is 32.1. The third kappa shape index (κ3) is 4.56. The van der Waals surface area contributed by atoms with Crippen molar-refractivity contribution in [2.75, 3.05) is 17.2 Å². The van der Waals surface area contributed by atoms with Crippen molar-refractivity contribution in [2.24, 2.45) is 0 Å². The lowest BCUT2D eigenvalue weighted by Crippen LogP contribution is -2.34. The van der Waals surface area contributed by atoms with Crippen LogP contribution >= 0.6 is 11.3 Å². The van der Waals surface area contributed by atoms with E-state index < -0.39 is 11.7 Å². The van der Waals surface area contributed by atoms with Gasteiger partial charge < -0.3 is 15.5 Å². The fourth-order valence-electron chi connectivity index (χ4n) is 3.55. The normalized spacial score (nSPS) is 15.7. The van der Waals surface area contributed by atoms with Gasteiger partial charge >= 0.3 is 6.03 Å². The van der Waals surface area contributed by atoms with E-state index in [1.54, 1.807) is 11.0 Å². The second-order valence-corrected chi connectivity index (χ2v) is 8.45. The molecule has 7 nitrogen and oxygen atoms in total. The highest BCUT2D eigenvalue weighted by molar-refractivity contribution is 7.13. The van der Waals surface area contributed by atoms with E-state index in [2.05, 4.69) is 20.8 Å². The monoisotopic (exact) mass is 439 g/mol. The minimum absolute atomic E-state index is 0.168. The summed E-state index contributed by atoms with van der Waals surface area (Å²) in [7, 11) is 0. The number of amides is 3. The summed E-state index contributed by atoms with van der Waals surface area (Å²) in [6, 6.07) is 11.0. The van der Waals surface area contributed by atoms with Gasteiger partial charge in [-0.3, -0.25) is 4.79 Å². The van der Waals surface area contributed by atoms with Crippen molar-refractivity contribution in [3.63, 3.8) is 0 Å². The Morgan fingerprint density at radius 3 is 2.74 bits per heavy atom. The maximum Gasteiger partial charge on any atom is 0.322 e. The molecule has 9 heteroatoms. The molecule has 0 spiro atoms. The number of benzene rings is 2. The van der Waals surface area contributed by atoms with Crippen molar-refractivity contribution in [1.82, 2.24) is 15.1 Å². The average Bonchev–Trinajstić information content (AvgIpc) is 3.41. The zero-order valence-corrected chi connectivity index (χ0v) is 18.0. The number of likely N-dealkylation sites (tertiary alicyclic amines) is 1. The lowest BCUT2D eigenvalue weighted by Gasteiger charge is -2.23. The first-order valence-electron chi connectivity index (χ1n) is 9.96. The van der Waals surface area contributed by atoms with Gasteiger partial charge in [-0.15, -0.1) is 10.2 Å². The van der Waals surface area contributed by atoms with E-state index in [1.165, 1.54) is 18.2 Å². The number of aryl methyl sites for hydroxylation is 1. The van der Waals surface area contributed by atoms with Gasteiger partial charge in [0.2, 0.25) is 5.01 Å². The van der Waals surface area contributed by atoms with Gasteiger partial charge in [0.05, 0.1) is 6.04 Å². The summed E-state index contributed by atoms with van der Waals surface area (Å²) >= 11 is 1.15. The van der Waals surface area contributed by atoms with Gasteiger partial charge in [0, 0.05) is 17.9 Å². The van der Waals surface area contributed by atoms with Gasteiger partial charge in [0.25, 0.3) is 5.91 Å². The first-order chi connectivity index (χ1) is 14.9. The van der Waals surface area contributed by atoms with Gasteiger partial charge in [0.1, 0.15) is 10.8 Å². The number of nitrogens with one attached hydrogen (secondary N) is 2. The Morgan fingerprint density at radius 2 is 1.94 bits per heavy atom. The minimum Gasteiger partial charge on any atom is -0.320 e. The predicted octanol–water partition coefficient (Wildman–Crippen LogP) is 4.92. The van der Waals surface area contributed by atoms with Crippen molar-refractivity contribution < 1.29 is 14.0 Å². The summed E-state index contributed by atoms with van der Waals surface area (Å²) in [6.07, 6.45) is 1.59. The van der Waals surface area contributed by atoms with Crippen LogP contribution in [0.5, 0.6) is 0 Å². The van der Waals surface area contributed by atoms with Crippen LogP contribution in [0.1, 0.15) is 44.8 Å². The van der Waals surface area contributed by atoms with Gasteiger partial charge in [-0.2, -0.15) is 0 Å². The van der Waals surface area contributed by atoms with Crippen LogP contribution in [0.4, 0.5) is 20.6 Å². The number of carbonyl (C=O) groups is 2. The van der Waals surface area contributed by atoms with Crippen molar-refractivity contribution in [2.45, 2.75) is 32.7 Å². The molecule has 4 rings (SSSR count). The Balaban J connectivity index is 1.46. The van der Waals surface area contributed by atoms with Gasteiger partial charge in [-0.1, -0.05) is 29.5 Å².